The highest BCUT2D eigenvalue weighted by Gasteiger charge is 2.25. The number of benzene rings is 2. The van der Waals surface area contributed by atoms with Gasteiger partial charge in [0.05, 0.1) is 31.4 Å². The first-order chi connectivity index (χ1) is 15.0. The summed E-state index contributed by atoms with van der Waals surface area (Å²) in [5.41, 5.74) is 3.08. The fourth-order valence-electron chi connectivity index (χ4n) is 3.78. The van der Waals surface area contributed by atoms with Crippen molar-refractivity contribution in [3.8, 4) is 11.4 Å². The van der Waals surface area contributed by atoms with Crippen LogP contribution in [0.5, 0.6) is 5.75 Å². The zero-order valence-corrected chi connectivity index (χ0v) is 17.4. The van der Waals surface area contributed by atoms with Crippen LogP contribution in [-0.4, -0.2) is 34.0 Å². The van der Waals surface area contributed by atoms with Gasteiger partial charge in [-0.25, -0.2) is 13.8 Å². The SMILES string of the molecule is COc1cc(/C=C2\CCCN(Cc3c(F)cccc3F)C2=O)ccc1-n1cnc(C)c1. The molecule has 0 spiro atoms. The van der Waals surface area contributed by atoms with Crippen molar-refractivity contribution in [3.63, 3.8) is 0 Å². The van der Waals surface area contributed by atoms with Crippen LogP contribution < -0.4 is 4.74 Å². The lowest BCUT2D eigenvalue weighted by Gasteiger charge is -2.29. The molecule has 1 saturated heterocycles. The fourth-order valence-corrected chi connectivity index (χ4v) is 3.78. The number of likely N-dealkylation sites (tertiary alicyclic amines) is 1. The number of carbonyl (C=O) groups excluding carboxylic acids is 1. The molecule has 0 bridgehead atoms. The van der Waals surface area contributed by atoms with Gasteiger partial charge in [-0.1, -0.05) is 12.1 Å². The molecule has 0 atom stereocenters. The molecule has 0 radical (unpaired) electrons. The summed E-state index contributed by atoms with van der Waals surface area (Å²) in [4.78, 5) is 18.7. The largest absolute Gasteiger partial charge is 0.495 e. The molecule has 1 aromatic heterocycles. The predicted octanol–water partition coefficient (Wildman–Crippen LogP) is 4.67. The van der Waals surface area contributed by atoms with E-state index in [2.05, 4.69) is 4.98 Å². The van der Waals surface area contributed by atoms with Crippen molar-refractivity contribution in [2.24, 2.45) is 0 Å². The molecular weight excluding hydrogens is 400 g/mol. The van der Waals surface area contributed by atoms with E-state index in [-0.39, 0.29) is 18.0 Å². The van der Waals surface area contributed by atoms with E-state index in [0.717, 1.165) is 23.4 Å². The summed E-state index contributed by atoms with van der Waals surface area (Å²) in [7, 11) is 1.59. The lowest BCUT2D eigenvalue weighted by Crippen LogP contribution is -2.36. The first kappa shape index (κ1) is 20.8. The van der Waals surface area contributed by atoms with Crippen LogP contribution in [0, 0.1) is 18.6 Å². The third-order valence-electron chi connectivity index (χ3n) is 5.38. The first-order valence-corrected chi connectivity index (χ1v) is 10.1. The Bertz CT molecular complexity index is 1130. The normalized spacial score (nSPS) is 15.5. The molecule has 0 unspecified atom stereocenters. The summed E-state index contributed by atoms with van der Waals surface area (Å²) in [5, 5.41) is 0. The lowest BCUT2D eigenvalue weighted by molar-refractivity contribution is -0.129. The van der Waals surface area contributed by atoms with Gasteiger partial charge in [0.15, 0.2) is 0 Å². The second kappa shape index (κ2) is 8.71. The average molecular weight is 423 g/mol. The number of aromatic nitrogens is 2. The second-order valence-corrected chi connectivity index (χ2v) is 7.55. The van der Waals surface area contributed by atoms with Crippen LogP contribution in [0.15, 0.2) is 54.5 Å². The van der Waals surface area contributed by atoms with E-state index >= 15 is 0 Å². The van der Waals surface area contributed by atoms with Crippen molar-refractivity contribution in [1.82, 2.24) is 14.5 Å². The van der Waals surface area contributed by atoms with Crippen LogP contribution in [0.2, 0.25) is 0 Å². The Morgan fingerprint density at radius 2 is 1.97 bits per heavy atom. The number of halogens is 2. The molecule has 2 aromatic carbocycles. The minimum Gasteiger partial charge on any atom is -0.495 e. The molecular formula is C24H23F2N3O2. The molecule has 160 valence electrons. The number of hydrogen-bond donors (Lipinski definition) is 0. The number of methoxy groups -OCH3 is 1. The van der Waals surface area contributed by atoms with Gasteiger partial charge >= 0.3 is 0 Å². The number of piperidine rings is 1. The Morgan fingerprint density at radius 1 is 1.19 bits per heavy atom. The first-order valence-electron chi connectivity index (χ1n) is 10.1. The Balaban J connectivity index is 1.58. The minimum absolute atomic E-state index is 0.0845. The van der Waals surface area contributed by atoms with E-state index in [1.165, 1.54) is 23.1 Å². The third kappa shape index (κ3) is 4.35. The molecule has 1 fully saturated rings. The quantitative estimate of drug-likeness (QED) is 0.560. The maximum absolute atomic E-state index is 14.0. The summed E-state index contributed by atoms with van der Waals surface area (Å²) >= 11 is 0. The number of amides is 1. The van der Waals surface area contributed by atoms with Crippen molar-refractivity contribution in [3.05, 3.63) is 83.0 Å². The smallest absolute Gasteiger partial charge is 0.250 e. The van der Waals surface area contributed by atoms with Crippen molar-refractivity contribution in [1.29, 1.82) is 0 Å². The summed E-state index contributed by atoms with van der Waals surface area (Å²) in [6, 6.07) is 9.41. The molecule has 1 amide bonds. The summed E-state index contributed by atoms with van der Waals surface area (Å²) in [5.74, 6) is -0.833. The highest BCUT2D eigenvalue weighted by Crippen LogP contribution is 2.28. The highest BCUT2D eigenvalue weighted by atomic mass is 19.1. The van der Waals surface area contributed by atoms with Crippen LogP contribution in [0.25, 0.3) is 11.8 Å². The molecule has 1 aliphatic rings. The molecule has 7 heteroatoms. The molecule has 5 nitrogen and oxygen atoms in total. The molecule has 2 heterocycles. The number of nitrogens with zero attached hydrogens (tertiary/aromatic N) is 3. The van der Waals surface area contributed by atoms with Crippen molar-refractivity contribution >= 4 is 12.0 Å². The standard InChI is InChI=1S/C24H23F2N3O2/c1-16-13-29(15-27-16)22-9-8-17(12-23(22)31-2)11-18-5-4-10-28(24(18)30)14-19-20(25)6-3-7-21(19)26/h3,6-9,11-13,15H,4-5,10,14H2,1-2H3/b18-11+. The van der Waals surface area contributed by atoms with E-state index < -0.39 is 11.6 Å². The van der Waals surface area contributed by atoms with E-state index in [0.29, 0.717) is 24.3 Å². The van der Waals surface area contributed by atoms with E-state index in [1.54, 1.807) is 13.4 Å². The van der Waals surface area contributed by atoms with Crippen molar-refractivity contribution < 1.29 is 18.3 Å². The number of hydrogen-bond acceptors (Lipinski definition) is 3. The van der Waals surface area contributed by atoms with Crippen LogP contribution in [0.1, 0.15) is 29.7 Å². The van der Waals surface area contributed by atoms with Gasteiger partial charge < -0.3 is 14.2 Å². The maximum Gasteiger partial charge on any atom is 0.250 e. The van der Waals surface area contributed by atoms with Crippen molar-refractivity contribution in [2.75, 3.05) is 13.7 Å². The highest BCUT2D eigenvalue weighted by molar-refractivity contribution is 5.98. The molecule has 0 saturated carbocycles. The van der Waals surface area contributed by atoms with E-state index in [4.69, 9.17) is 4.74 Å². The zero-order chi connectivity index (χ0) is 22.0. The van der Waals surface area contributed by atoms with Gasteiger partial charge in [0, 0.05) is 23.9 Å². The Morgan fingerprint density at radius 3 is 2.65 bits per heavy atom. The summed E-state index contributed by atoms with van der Waals surface area (Å²) in [6.07, 6.45) is 6.78. The van der Waals surface area contributed by atoms with Crippen LogP contribution >= 0.6 is 0 Å². The topological polar surface area (TPSA) is 47.4 Å². The van der Waals surface area contributed by atoms with Gasteiger partial charge in [-0.2, -0.15) is 0 Å². The summed E-state index contributed by atoms with van der Waals surface area (Å²) in [6.45, 7) is 2.29. The minimum atomic E-state index is -0.640. The molecule has 4 rings (SSSR count). The number of aryl methyl sites for hydroxylation is 1. The number of carbonyl (C=O) groups is 1. The van der Waals surface area contributed by atoms with Gasteiger partial charge in [0.1, 0.15) is 17.4 Å². The zero-order valence-electron chi connectivity index (χ0n) is 17.4. The summed E-state index contributed by atoms with van der Waals surface area (Å²) < 4.78 is 35.5. The van der Waals surface area contributed by atoms with E-state index in [9.17, 15) is 13.6 Å². The Hall–Kier alpha value is -3.48. The molecule has 0 N–H and O–H groups in total. The monoisotopic (exact) mass is 423 g/mol. The number of imidazole rings is 1. The van der Waals surface area contributed by atoms with Gasteiger partial charge in [0.25, 0.3) is 0 Å². The molecule has 3 aromatic rings. The Labute approximate surface area is 179 Å². The van der Waals surface area contributed by atoms with Gasteiger partial charge in [-0.15, -0.1) is 0 Å². The maximum atomic E-state index is 14.0. The average Bonchev–Trinajstić information content (AvgIpc) is 3.19. The van der Waals surface area contributed by atoms with Crippen LogP contribution in [-0.2, 0) is 11.3 Å². The molecule has 1 aliphatic heterocycles. The fraction of sp³-hybridized carbons (Fsp3) is 0.250. The number of rotatable bonds is 5. The van der Waals surface area contributed by atoms with Gasteiger partial charge in [-0.3, -0.25) is 4.79 Å². The second-order valence-electron chi connectivity index (χ2n) is 7.55. The van der Waals surface area contributed by atoms with Crippen LogP contribution in [0.4, 0.5) is 8.78 Å². The molecule has 0 aliphatic carbocycles. The Kier molecular flexibility index (Phi) is 5.84. The molecule has 31 heavy (non-hydrogen) atoms. The van der Waals surface area contributed by atoms with Gasteiger partial charge in [-0.05, 0) is 55.7 Å². The van der Waals surface area contributed by atoms with Crippen molar-refractivity contribution in [2.45, 2.75) is 26.3 Å². The van der Waals surface area contributed by atoms with Crippen LogP contribution in [0.3, 0.4) is 0 Å². The third-order valence-corrected chi connectivity index (χ3v) is 5.38. The number of ether oxygens (including phenoxy) is 1. The predicted molar refractivity (Wildman–Crippen MR) is 114 cm³/mol. The lowest BCUT2D eigenvalue weighted by atomic mass is 9.99. The van der Waals surface area contributed by atoms with E-state index in [1.807, 2.05) is 42.0 Å². The van der Waals surface area contributed by atoms with Gasteiger partial charge in [0.2, 0.25) is 5.91 Å².